The highest BCUT2D eigenvalue weighted by Gasteiger charge is 2.42. The van der Waals surface area contributed by atoms with E-state index < -0.39 is 11.4 Å². The van der Waals surface area contributed by atoms with Crippen LogP contribution in [-0.2, 0) is 4.79 Å². The van der Waals surface area contributed by atoms with E-state index in [2.05, 4.69) is 10.2 Å². The van der Waals surface area contributed by atoms with E-state index >= 15 is 0 Å². The highest BCUT2D eigenvalue weighted by molar-refractivity contribution is 5.94. The molecule has 2 rings (SSSR count). The van der Waals surface area contributed by atoms with Gasteiger partial charge in [0, 0.05) is 13.1 Å². The number of carbonyl (C=O) groups is 2. The Morgan fingerprint density at radius 2 is 2.25 bits per heavy atom. The monoisotopic (exact) mass is 277 g/mol. The molecule has 0 bridgehead atoms. The lowest BCUT2D eigenvalue weighted by molar-refractivity contribution is -0.152. The summed E-state index contributed by atoms with van der Waals surface area (Å²) in [6, 6.07) is 1.60. The Hall–Kier alpha value is -1.98. The third-order valence-electron chi connectivity index (χ3n) is 3.88. The van der Waals surface area contributed by atoms with Crippen molar-refractivity contribution in [3.63, 3.8) is 0 Å². The second-order valence-electron chi connectivity index (χ2n) is 5.30. The van der Waals surface area contributed by atoms with Crippen LogP contribution in [0.3, 0.4) is 0 Å². The van der Waals surface area contributed by atoms with Crippen LogP contribution in [0.5, 0.6) is 0 Å². The largest absolute Gasteiger partial charge is 0.481 e. The van der Waals surface area contributed by atoms with Crippen LogP contribution in [0.4, 0.5) is 0 Å². The molecule has 1 fully saturated rings. The van der Waals surface area contributed by atoms with Gasteiger partial charge in [-0.1, -0.05) is 13.3 Å². The van der Waals surface area contributed by atoms with E-state index in [1.165, 1.54) is 12.4 Å². The molecule has 1 saturated heterocycles. The molecule has 1 aromatic rings. The molecule has 0 radical (unpaired) electrons. The van der Waals surface area contributed by atoms with Gasteiger partial charge in [-0.05, 0) is 25.3 Å². The first-order valence-electron chi connectivity index (χ1n) is 6.88. The fourth-order valence-electron chi connectivity index (χ4n) is 2.87. The van der Waals surface area contributed by atoms with Gasteiger partial charge in [-0.25, -0.2) is 0 Å². The second kappa shape index (κ2) is 5.98. The van der Waals surface area contributed by atoms with Crippen molar-refractivity contribution >= 4 is 11.9 Å². The van der Waals surface area contributed by atoms with Crippen LogP contribution >= 0.6 is 0 Å². The van der Waals surface area contributed by atoms with Crippen molar-refractivity contribution < 1.29 is 14.7 Å². The van der Waals surface area contributed by atoms with Crippen LogP contribution in [0.2, 0.25) is 0 Å². The number of amides is 1. The topological polar surface area (TPSA) is 83.4 Å². The molecule has 0 aromatic carbocycles. The van der Waals surface area contributed by atoms with Crippen LogP contribution in [0.1, 0.15) is 43.0 Å². The van der Waals surface area contributed by atoms with E-state index in [-0.39, 0.29) is 12.5 Å². The average Bonchev–Trinajstić information content (AvgIpc) is 2.48. The van der Waals surface area contributed by atoms with Crippen molar-refractivity contribution in [2.24, 2.45) is 5.41 Å². The zero-order valence-electron chi connectivity index (χ0n) is 11.6. The summed E-state index contributed by atoms with van der Waals surface area (Å²) >= 11 is 0. The zero-order valence-corrected chi connectivity index (χ0v) is 11.6. The fourth-order valence-corrected chi connectivity index (χ4v) is 2.87. The number of hydrogen-bond acceptors (Lipinski definition) is 4. The maximum absolute atomic E-state index is 12.4. The summed E-state index contributed by atoms with van der Waals surface area (Å²) in [4.78, 5) is 25.6. The van der Waals surface area contributed by atoms with Crippen molar-refractivity contribution in [3.05, 3.63) is 24.0 Å². The number of carboxylic acids is 1. The van der Waals surface area contributed by atoms with Gasteiger partial charge < -0.3 is 10.0 Å². The van der Waals surface area contributed by atoms with E-state index in [9.17, 15) is 14.7 Å². The molecule has 2 heterocycles. The number of carbonyl (C=O) groups excluding carboxylic acids is 1. The zero-order chi connectivity index (χ0) is 14.6. The maximum Gasteiger partial charge on any atom is 0.311 e. The smallest absolute Gasteiger partial charge is 0.311 e. The Morgan fingerprint density at radius 1 is 1.45 bits per heavy atom. The summed E-state index contributed by atoms with van der Waals surface area (Å²) in [7, 11) is 0. The van der Waals surface area contributed by atoms with Gasteiger partial charge >= 0.3 is 5.97 Å². The van der Waals surface area contributed by atoms with E-state index in [0.29, 0.717) is 24.9 Å². The van der Waals surface area contributed by atoms with Gasteiger partial charge in [0.1, 0.15) is 0 Å². The first-order chi connectivity index (χ1) is 9.59. The summed E-state index contributed by atoms with van der Waals surface area (Å²) in [5.74, 6) is -0.967. The number of rotatable bonds is 4. The highest BCUT2D eigenvalue weighted by atomic mass is 16.4. The maximum atomic E-state index is 12.4. The van der Waals surface area contributed by atoms with Crippen molar-refractivity contribution in [2.45, 2.75) is 32.6 Å². The molecule has 0 aliphatic carbocycles. The first kappa shape index (κ1) is 14.4. The fraction of sp³-hybridized carbons (Fsp3) is 0.571. The summed E-state index contributed by atoms with van der Waals surface area (Å²) in [6.45, 7) is 2.84. The van der Waals surface area contributed by atoms with Gasteiger partial charge in [0.05, 0.1) is 23.4 Å². The summed E-state index contributed by atoms with van der Waals surface area (Å²) < 4.78 is 0. The van der Waals surface area contributed by atoms with Crippen LogP contribution in [0.15, 0.2) is 18.5 Å². The molecule has 1 aliphatic rings. The van der Waals surface area contributed by atoms with Gasteiger partial charge in [0.2, 0.25) is 0 Å². The van der Waals surface area contributed by atoms with Crippen LogP contribution < -0.4 is 0 Å². The third kappa shape index (κ3) is 2.79. The number of carboxylic acid groups (broad SMARTS) is 1. The standard InChI is InChI=1S/C14H19N3O3/c1-2-5-14(13(19)20)6-3-8-17(10-14)12(18)11-4-7-15-16-9-11/h4,7,9H,2-3,5-6,8,10H2,1H3,(H,19,20). The molecule has 1 aromatic heterocycles. The molecular weight excluding hydrogens is 258 g/mol. The van der Waals surface area contributed by atoms with Crippen LogP contribution in [0, 0.1) is 5.41 Å². The number of nitrogens with zero attached hydrogens (tertiary/aromatic N) is 3. The molecule has 0 saturated carbocycles. The molecule has 1 amide bonds. The quantitative estimate of drug-likeness (QED) is 0.903. The molecule has 1 N–H and O–H groups in total. The number of likely N-dealkylation sites (tertiary alicyclic amines) is 1. The Kier molecular flexibility index (Phi) is 4.32. The lowest BCUT2D eigenvalue weighted by atomic mass is 9.76. The molecule has 1 atom stereocenters. The molecule has 1 unspecified atom stereocenters. The number of aliphatic carboxylic acids is 1. The van der Waals surface area contributed by atoms with Crippen molar-refractivity contribution in [3.8, 4) is 0 Å². The van der Waals surface area contributed by atoms with E-state index in [4.69, 9.17) is 0 Å². The number of piperidine rings is 1. The second-order valence-corrected chi connectivity index (χ2v) is 5.30. The SMILES string of the molecule is CCCC1(C(=O)O)CCCN(C(=O)c2ccnnc2)C1. The Morgan fingerprint density at radius 3 is 2.85 bits per heavy atom. The molecule has 6 nitrogen and oxygen atoms in total. The highest BCUT2D eigenvalue weighted by Crippen LogP contribution is 2.35. The molecule has 1 aliphatic heterocycles. The van der Waals surface area contributed by atoms with E-state index in [1.807, 2.05) is 6.92 Å². The minimum absolute atomic E-state index is 0.165. The van der Waals surface area contributed by atoms with Crippen LogP contribution in [-0.4, -0.2) is 45.2 Å². The minimum Gasteiger partial charge on any atom is -0.481 e. The summed E-state index contributed by atoms with van der Waals surface area (Å²) in [5.41, 5.74) is -0.346. The molecule has 108 valence electrons. The third-order valence-corrected chi connectivity index (χ3v) is 3.88. The van der Waals surface area contributed by atoms with Gasteiger partial charge in [-0.3, -0.25) is 9.59 Å². The van der Waals surface area contributed by atoms with Crippen molar-refractivity contribution in [1.82, 2.24) is 15.1 Å². The number of hydrogen-bond donors (Lipinski definition) is 1. The van der Waals surface area contributed by atoms with E-state index in [1.54, 1.807) is 11.0 Å². The van der Waals surface area contributed by atoms with E-state index in [0.717, 1.165) is 12.8 Å². The lowest BCUT2D eigenvalue weighted by Crippen LogP contribution is -2.49. The summed E-state index contributed by atoms with van der Waals surface area (Å²) in [5, 5.41) is 16.9. The van der Waals surface area contributed by atoms with Crippen molar-refractivity contribution in [1.29, 1.82) is 0 Å². The molecule has 20 heavy (non-hydrogen) atoms. The van der Waals surface area contributed by atoms with Gasteiger partial charge in [0.15, 0.2) is 0 Å². The Labute approximate surface area is 117 Å². The lowest BCUT2D eigenvalue weighted by Gasteiger charge is -2.39. The van der Waals surface area contributed by atoms with Gasteiger partial charge in [0.25, 0.3) is 5.91 Å². The predicted molar refractivity (Wildman–Crippen MR) is 72.1 cm³/mol. The first-order valence-corrected chi connectivity index (χ1v) is 6.88. The summed E-state index contributed by atoms with van der Waals surface area (Å²) in [6.07, 6.45) is 5.63. The minimum atomic E-state index is -0.802. The average molecular weight is 277 g/mol. The Bertz CT molecular complexity index is 488. The molecule has 6 heteroatoms. The number of aromatic nitrogens is 2. The Balaban J connectivity index is 2.18. The van der Waals surface area contributed by atoms with Gasteiger partial charge in [-0.2, -0.15) is 10.2 Å². The van der Waals surface area contributed by atoms with Gasteiger partial charge in [-0.15, -0.1) is 0 Å². The molecular formula is C14H19N3O3. The molecule has 0 spiro atoms. The van der Waals surface area contributed by atoms with Crippen molar-refractivity contribution in [2.75, 3.05) is 13.1 Å². The van der Waals surface area contributed by atoms with Crippen LogP contribution in [0.25, 0.3) is 0 Å². The predicted octanol–water partition coefficient (Wildman–Crippen LogP) is 1.58. The normalized spacial score (nSPS) is 22.6.